The predicted octanol–water partition coefficient (Wildman–Crippen LogP) is 1.39. The molecule has 0 aliphatic rings. The summed E-state index contributed by atoms with van der Waals surface area (Å²) in [6.07, 6.45) is 1.72. The first-order valence-electron chi connectivity index (χ1n) is 2.75. The van der Waals surface area contributed by atoms with Crippen molar-refractivity contribution >= 4 is 21.7 Å². The monoisotopic (exact) mass is 171 g/mol. The van der Waals surface area contributed by atoms with E-state index < -0.39 is 0 Å². The van der Waals surface area contributed by atoms with Crippen LogP contribution in [-0.2, 0) is 0 Å². The molecule has 0 aromatic carbocycles. The molecule has 0 fully saturated rings. The molecule has 0 aliphatic heterocycles. The van der Waals surface area contributed by atoms with Crippen molar-refractivity contribution in [2.24, 2.45) is 0 Å². The smallest absolute Gasteiger partial charge is 0.236 e. The number of rotatable bonds is 0. The summed E-state index contributed by atoms with van der Waals surface area (Å²) in [6.45, 7) is 0. The van der Waals surface area contributed by atoms with Gasteiger partial charge < -0.3 is 0 Å². The van der Waals surface area contributed by atoms with Crippen molar-refractivity contribution in [2.75, 3.05) is 0 Å². The Bertz CT molecular complexity index is 324. The third-order valence-corrected chi connectivity index (χ3v) is 2.29. The van der Waals surface area contributed by atoms with E-state index in [1.807, 2.05) is 12.1 Å². The molecule has 50 valence electrons. The molecule has 0 bridgehead atoms. The van der Waals surface area contributed by atoms with Gasteiger partial charge in [0, 0.05) is 6.20 Å². The lowest BCUT2D eigenvalue weighted by atomic mass is 10.5. The molecule has 2 rings (SSSR count). The summed E-state index contributed by atoms with van der Waals surface area (Å²) in [4.78, 5) is 8.07. The fraction of sp³-hybridized carbons (Fsp3) is 0. The maximum atomic E-state index is 4.88. The van der Waals surface area contributed by atoms with Crippen molar-refractivity contribution in [1.82, 2.24) is 9.97 Å². The molecule has 0 saturated heterocycles. The van der Waals surface area contributed by atoms with E-state index in [0.717, 1.165) is 10.3 Å². The minimum absolute atomic E-state index is 0.661. The van der Waals surface area contributed by atoms with E-state index in [4.69, 9.17) is 11.6 Å². The summed E-state index contributed by atoms with van der Waals surface area (Å²) in [5, 5.41) is 0. The lowest BCUT2D eigenvalue weighted by Gasteiger charge is -1.79. The molecule has 4 heteroatoms. The van der Waals surface area contributed by atoms with Crippen LogP contribution < -0.4 is 0 Å². The van der Waals surface area contributed by atoms with Crippen LogP contribution in [0.4, 0.5) is 0 Å². The van der Waals surface area contributed by atoms with Gasteiger partial charge in [0.05, 0.1) is 4.70 Å². The van der Waals surface area contributed by atoms with Gasteiger partial charge >= 0.3 is 4.47 Å². The van der Waals surface area contributed by atoms with E-state index in [9.17, 15) is 0 Å². The standard InChI is InChI=1S/C6H4ClN2S/c7-6-9-5-4(10-6)2-1-3-8-5/h1-3,7H/q+1. The zero-order valence-corrected chi connectivity index (χ0v) is 6.58. The summed E-state index contributed by atoms with van der Waals surface area (Å²) in [7, 11) is 0. The Morgan fingerprint density at radius 2 is 2.40 bits per heavy atom. The number of hydrogen-bond donors (Lipinski definition) is 0. The molecule has 0 amide bonds. The van der Waals surface area contributed by atoms with Crippen molar-refractivity contribution in [3.05, 3.63) is 22.8 Å². The molecule has 2 aromatic heterocycles. The summed E-state index contributed by atoms with van der Waals surface area (Å²) in [5.41, 5.74) is 0.762. The van der Waals surface area contributed by atoms with Crippen LogP contribution in [0.2, 0.25) is 4.47 Å². The van der Waals surface area contributed by atoms with Crippen LogP contribution in [0.15, 0.2) is 18.3 Å². The first-order valence-corrected chi connectivity index (χ1v) is 3.97. The quantitative estimate of drug-likeness (QED) is 0.599. The highest BCUT2D eigenvalue weighted by molar-refractivity contribution is 7.18. The Morgan fingerprint density at radius 1 is 1.50 bits per heavy atom. The van der Waals surface area contributed by atoms with Gasteiger partial charge in [0.25, 0.3) is 0 Å². The van der Waals surface area contributed by atoms with Crippen LogP contribution in [0.3, 0.4) is 0 Å². The third kappa shape index (κ3) is 0.874. The molecule has 2 heterocycles. The second-order valence-corrected chi connectivity index (χ2v) is 3.48. The molecule has 0 saturated carbocycles. The van der Waals surface area contributed by atoms with E-state index in [0.29, 0.717) is 4.47 Å². The van der Waals surface area contributed by atoms with Crippen molar-refractivity contribution < 1.29 is 11.6 Å². The Balaban J connectivity index is 2.88. The molecule has 0 atom stereocenters. The van der Waals surface area contributed by atoms with Gasteiger partial charge in [-0.1, -0.05) is 11.3 Å². The third-order valence-electron chi connectivity index (χ3n) is 1.15. The highest BCUT2D eigenvalue weighted by Gasteiger charge is 2.05. The van der Waals surface area contributed by atoms with Crippen molar-refractivity contribution in [1.29, 1.82) is 0 Å². The van der Waals surface area contributed by atoms with Gasteiger partial charge in [-0.3, -0.25) is 0 Å². The number of thiazole rings is 1. The summed E-state index contributed by atoms with van der Waals surface area (Å²) >= 11 is 6.37. The molecule has 0 spiro atoms. The highest BCUT2D eigenvalue weighted by Crippen LogP contribution is 2.19. The van der Waals surface area contributed by atoms with E-state index >= 15 is 0 Å². The summed E-state index contributed by atoms with van der Waals surface area (Å²) in [6, 6.07) is 3.85. The second kappa shape index (κ2) is 2.18. The largest absolute Gasteiger partial charge is 0.377 e. The van der Waals surface area contributed by atoms with Gasteiger partial charge in [0.15, 0.2) is 17.2 Å². The maximum absolute atomic E-state index is 4.88. The minimum Gasteiger partial charge on any atom is -0.236 e. The van der Waals surface area contributed by atoms with Crippen LogP contribution in [0.25, 0.3) is 10.3 Å². The van der Waals surface area contributed by atoms with Crippen LogP contribution in [0, 0.1) is 11.6 Å². The van der Waals surface area contributed by atoms with E-state index in [2.05, 4.69) is 9.97 Å². The summed E-state index contributed by atoms with van der Waals surface area (Å²) < 4.78 is 1.72. The van der Waals surface area contributed by atoms with Crippen LogP contribution in [0.1, 0.15) is 0 Å². The highest BCUT2D eigenvalue weighted by atomic mass is 35.5. The van der Waals surface area contributed by atoms with Crippen molar-refractivity contribution in [3.63, 3.8) is 0 Å². The van der Waals surface area contributed by atoms with Crippen molar-refractivity contribution in [2.45, 2.75) is 0 Å². The fourth-order valence-corrected chi connectivity index (χ4v) is 1.76. The molecule has 2 aromatic rings. The number of aromatic nitrogens is 2. The van der Waals surface area contributed by atoms with Crippen LogP contribution in [0.5, 0.6) is 0 Å². The lowest BCUT2D eigenvalue weighted by molar-refractivity contribution is -0.288. The van der Waals surface area contributed by atoms with Gasteiger partial charge in [-0.25, -0.2) is 4.98 Å². The van der Waals surface area contributed by atoms with E-state index in [1.54, 1.807) is 6.20 Å². The topological polar surface area (TPSA) is 25.8 Å². The van der Waals surface area contributed by atoms with Crippen molar-refractivity contribution in [3.8, 4) is 0 Å². The zero-order chi connectivity index (χ0) is 6.97. The predicted molar refractivity (Wildman–Crippen MR) is 38.0 cm³/mol. The summed E-state index contributed by atoms with van der Waals surface area (Å²) in [5.74, 6) is 0. The Morgan fingerprint density at radius 3 is 3.20 bits per heavy atom. The van der Waals surface area contributed by atoms with Gasteiger partial charge in [0.2, 0.25) is 0 Å². The number of fused-ring (bicyclic) bond motifs is 1. The van der Waals surface area contributed by atoms with E-state index in [1.165, 1.54) is 11.3 Å². The number of halogens is 1. The first kappa shape index (κ1) is 6.07. The second-order valence-electron chi connectivity index (χ2n) is 1.80. The molecule has 0 aliphatic carbocycles. The average Bonchev–Trinajstić information content (AvgIpc) is 2.27. The zero-order valence-electron chi connectivity index (χ0n) is 4.94. The molecule has 0 radical (unpaired) electrons. The van der Waals surface area contributed by atoms with Gasteiger partial charge in [0.1, 0.15) is 0 Å². The molecule has 2 nitrogen and oxygen atoms in total. The first-order chi connectivity index (χ1) is 4.86. The maximum Gasteiger partial charge on any atom is 0.377 e. The molecule has 0 unspecified atom stereocenters. The van der Waals surface area contributed by atoms with Gasteiger partial charge in [-0.05, 0) is 12.1 Å². The Hall–Kier alpha value is -0.670. The fourth-order valence-electron chi connectivity index (χ4n) is 0.749. The molecule has 0 N–H and O–H groups in total. The Labute approximate surface area is 66.5 Å². The average molecular weight is 172 g/mol. The van der Waals surface area contributed by atoms with Gasteiger partial charge in [-0.15, -0.1) is 0 Å². The Kier molecular flexibility index (Phi) is 1.32. The number of pyridine rings is 1. The van der Waals surface area contributed by atoms with Crippen LogP contribution in [-0.4, -0.2) is 9.97 Å². The van der Waals surface area contributed by atoms with Gasteiger partial charge in [-0.2, -0.15) is 4.98 Å². The number of hydrogen-bond acceptors (Lipinski definition) is 3. The number of nitrogens with zero attached hydrogens (tertiary/aromatic N) is 2. The minimum atomic E-state index is 0.661. The SMILES string of the molecule is [ClH+]c1nc2ncccc2s1. The molecular weight excluding hydrogens is 168 g/mol. The van der Waals surface area contributed by atoms with Crippen LogP contribution >= 0.6 is 11.3 Å². The molecule has 10 heavy (non-hydrogen) atoms. The molecular formula is C6H4ClN2S+. The lowest BCUT2D eigenvalue weighted by Crippen LogP contribution is -1.71. The van der Waals surface area contributed by atoms with E-state index in [-0.39, 0.29) is 0 Å². The normalized spacial score (nSPS) is 10.5.